The van der Waals surface area contributed by atoms with Gasteiger partial charge in [0.05, 0.1) is 22.6 Å². The molecule has 10 heteroatoms. The van der Waals surface area contributed by atoms with Gasteiger partial charge in [-0.1, -0.05) is 48.9 Å². The van der Waals surface area contributed by atoms with Crippen LogP contribution >= 0.6 is 24.0 Å². The van der Waals surface area contributed by atoms with Gasteiger partial charge < -0.3 is 25.2 Å². The van der Waals surface area contributed by atoms with Gasteiger partial charge in [-0.05, 0) is 50.9 Å². The number of rotatable bonds is 9. The molecule has 196 valence electrons. The summed E-state index contributed by atoms with van der Waals surface area (Å²) in [5.74, 6) is -2.16. The quantitative estimate of drug-likeness (QED) is 0.325. The van der Waals surface area contributed by atoms with Crippen LogP contribution in [0.2, 0.25) is 5.02 Å². The number of esters is 2. The number of nitrogens with one attached hydrogen (secondary N) is 2. The number of phenols is 1. The molecule has 0 spiro atoms. The van der Waals surface area contributed by atoms with E-state index >= 15 is 0 Å². The molecule has 2 aromatic rings. The number of aromatic hydroxyl groups is 1. The smallest absolute Gasteiger partial charge is 0.328 e. The maximum Gasteiger partial charge on any atom is 0.328 e. The number of hydrogen-bond acceptors (Lipinski definition) is 7. The van der Waals surface area contributed by atoms with Crippen molar-refractivity contribution in [2.24, 2.45) is 5.41 Å². The van der Waals surface area contributed by atoms with Crippen LogP contribution in [0, 0.1) is 5.41 Å². The van der Waals surface area contributed by atoms with Crippen molar-refractivity contribution in [3.8, 4) is 11.5 Å². The van der Waals surface area contributed by atoms with Crippen LogP contribution in [-0.2, 0) is 20.7 Å². The van der Waals surface area contributed by atoms with E-state index in [4.69, 9.17) is 21.1 Å². The molecule has 0 bridgehead atoms. The molecule has 1 aliphatic rings. The normalized spacial score (nSPS) is 15.2. The van der Waals surface area contributed by atoms with Crippen LogP contribution in [0.5, 0.6) is 11.5 Å². The van der Waals surface area contributed by atoms with Gasteiger partial charge in [-0.3, -0.25) is 9.59 Å². The van der Waals surface area contributed by atoms with Crippen molar-refractivity contribution in [2.45, 2.75) is 45.6 Å². The van der Waals surface area contributed by atoms with E-state index in [9.17, 15) is 19.5 Å². The zero-order valence-corrected chi connectivity index (χ0v) is 21.9. The van der Waals surface area contributed by atoms with E-state index in [1.54, 1.807) is 6.92 Å². The van der Waals surface area contributed by atoms with Crippen LogP contribution in [0.4, 0.5) is 0 Å². The second-order valence-corrected chi connectivity index (χ2v) is 8.95. The Labute approximate surface area is 222 Å². The third kappa shape index (κ3) is 7.12. The van der Waals surface area contributed by atoms with E-state index < -0.39 is 35.1 Å². The third-order valence-electron chi connectivity index (χ3n) is 6.33. The first kappa shape index (κ1) is 29.4. The lowest BCUT2D eigenvalue weighted by Crippen LogP contribution is -2.44. The average Bonchev–Trinajstić information content (AvgIpc) is 2.86. The summed E-state index contributed by atoms with van der Waals surface area (Å²) in [6.07, 6.45) is 2.12. The Kier molecular flexibility index (Phi) is 11.0. The summed E-state index contributed by atoms with van der Waals surface area (Å²) in [6.45, 7) is 5.20. The molecule has 8 nitrogen and oxygen atoms in total. The lowest BCUT2D eigenvalue weighted by molar-refractivity contribution is -0.148. The van der Waals surface area contributed by atoms with Crippen molar-refractivity contribution >= 4 is 41.9 Å². The predicted octanol–water partition coefficient (Wildman–Crippen LogP) is 4.06. The highest BCUT2D eigenvalue weighted by molar-refractivity contribution is 6.32. The fourth-order valence-corrected chi connectivity index (χ4v) is 4.34. The molecule has 1 heterocycles. The Morgan fingerprint density at radius 2 is 1.81 bits per heavy atom. The van der Waals surface area contributed by atoms with Crippen molar-refractivity contribution in [3.05, 3.63) is 58.6 Å². The Morgan fingerprint density at radius 1 is 1.14 bits per heavy atom. The van der Waals surface area contributed by atoms with E-state index in [1.165, 1.54) is 6.07 Å². The van der Waals surface area contributed by atoms with Gasteiger partial charge in [-0.2, -0.15) is 0 Å². The highest BCUT2D eigenvalue weighted by Crippen LogP contribution is 2.38. The molecular weight excluding hydrogens is 507 g/mol. The average molecular weight is 539 g/mol. The van der Waals surface area contributed by atoms with Gasteiger partial charge in [0.25, 0.3) is 5.91 Å². The Hall–Kier alpha value is -2.81. The summed E-state index contributed by atoms with van der Waals surface area (Å²) in [5, 5.41) is 16.4. The standard InChI is InChI=1S/C26H31ClN2O6.ClH/c1-3-26(10-12-28-13-11-26)25(33)35-22-16-21(30)18(15-19(22)27)23(31)29-20(24(32)34-4-2)14-17-8-6-5-7-9-17;/h5-9,15-16,20,28,30H,3-4,10-14H2,1-2H3,(H,29,31);1H/t20-;/m0./s1. The first-order valence-corrected chi connectivity index (χ1v) is 12.1. The minimum atomic E-state index is -0.968. The predicted molar refractivity (Wildman–Crippen MR) is 139 cm³/mol. The molecule has 1 saturated heterocycles. The molecule has 0 unspecified atom stereocenters. The number of piperidine rings is 1. The minimum absolute atomic E-state index is 0. The number of ether oxygens (including phenoxy) is 2. The Bertz CT molecular complexity index is 1060. The van der Waals surface area contributed by atoms with Crippen LogP contribution in [0.3, 0.4) is 0 Å². The highest BCUT2D eigenvalue weighted by Gasteiger charge is 2.40. The first-order chi connectivity index (χ1) is 16.8. The lowest BCUT2D eigenvalue weighted by atomic mass is 9.77. The summed E-state index contributed by atoms with van der Waals surface area (Å²) >= 11 is 6.32. The SMILES string of the molecule is CCOC(=O)[C@H](Cc1ccccc1)NC(=O)c1cc(Cl)c(OC(=O)C2(CC)CCNCC2)cc1O.Cl. The maximum atomic E-state index is 13.0. The number of carbonyl (C=O) groups is 3. The van der Waals surface area contributed by atoms with E-state index in [-0.39, 0.29) is 41.8 Å². The molecule has 1 amide bonds. The van der Waals surface area contributed by atoms with E-state index in [1.807, 2.05) is 37.3 Å². The number of carbonyl (C=O) groups excluding carboxylic acids is 3. The fourth-order valence-electron chi connectivity index (χ4n) is 4.14. The van der Waals surface area contributed by atoms with Gasteiger partial charge in [0.2, 0.25) is 0 Å². The van der Waals surface area contributed by atoms with E-state index in [2.05, 4.69) is 10.6 Å². The number of halogens is 2. The number of amides is 1. The molecule has 2 aromatic carbocycles. The summed E-state index contributed by atoms with van der Waals surface area (Å²) in [4.78, 5) is 38.4. The van der Waals surface area contributed by atoms with Gasteiger partial charge in [0.15, 0.2) is 5.75 Å². The molecule has 36 heavy (non-hydrogen) atoms. The van der Waals surface area contributed by atoms with Crippen molar-refractivity contribution in [1.82, 2.24) is 10.6 Å². The fraction of sp³-hybridized carbons (Fsp3) is 0.423. The molecule has 0 aromatic heterocycles. The lowest BCUT2D eigenvalue weighted by Gasteiger charge is -2.34. The first-order valence-electron chi connectivity index (χ1n) is 11.8. The molecule has 3 N–H and O–H groups in total. The van der Waals surface area contributed by atoms with E-state index in [0.29, 0.717) is 32.4 Å². The Balaban J connectivity index is 0.00000456. The van der Waals surface area contributed by atoms with Gasteiger partial charge in [0.1, 0.15) is 11.8 Å². The summed E-state index contributed by atoms with van der Waals surface area (Å²) in [5.41, 5.74) is 0.0623. The van der Waals surface area contributed by atoms with Crippen molar-refractivity contribution in [2.75, 3.05) is 19.7 Å². The molecule has 1 aliphatic heterocycles. The van der Waals surface area contributed by atoms with Crippen LogP contribution in [0.25, 0.3) is 0 Å². The second-order valence-electron chi connectivity index (χ2n) is 8.54. The number of hydrogen-bond donors (Lipinski definition) is 3. The van der Waals surface area contributed by atoms with Crippen LogP contribution in [0.1, 0.15) is 49.0 Å². The zero-order valence-electron chi connectivity index (χ0n) is 20.3. The third-order valence-corrected chi connectivity index (χ3v) is 6.62. The van der Waals surface area contributed by atoms with Gasteiger partial charge >= 0.3 is 11.9 Å². The van der Waals surface area contributed by atoms with E-state index in [0.717, 1.165) is 11.6 Å². The molecule has 3 rings (SSSR count). The van der Waals surface area contributed by atoms with Gasteiger partial charge in [-0.15, -0.1) is 12.4 Å². The molecule has 0 radical (unpaired) electrons. The Morgan fingerprint density at radius 3 is 2.42 bits per heavy atom. The number of benzene rings is 2. The topological polar surface area (TPSA) is 114 Å². The molecule has 0 saturated carbocycles. The monoisotopic (exact) mass is 538 g/mol. The number of phenolic OH excluding ortho intramolecular Hbond substituents is 1. The molecule has 1 fully saturated rings. The minimum Gasteiger partial charge on any atom is -0.507 e. The second kappa shape index (κ2) is 13.5. The van der Waals surface area contributed by atoms with Crippen molar-refractivity contribution < 1.29 is 29.0 Å². The van der Waals surface area contributed by atoms with Crippen molar-refractivity contribution in [1.29, 1.82) is 0 Å². The van der Waals surface area contributed by atoms with Crippen LogP contribution < -0.4 is 15.4 Å². The maximum absolute atomic E-state index is 13.0. The van der Waals surface area contributed by atoms with Crippen molar-refractivity contribution in [3.63, 3.8) is 0 Å². The van der Waals surface area contributed by atoms with Gasteiger partial charge in [-0.25, -0.2) is 4.79 Å². The summed E-state index contributed by atoms with van der Waals surface area (Å²) < 4.78 is 10.7. The molecule has 1 atom stereocenters. The van der Waals surface area contributed by atoms with Gasteiger partial charge in [0, 0.05) is 12.5 Å². The molecular formula is C26H32Cl2N2O6. The summed E-state index contributed by atoms with van der Waals surface area (Å²) in [7, 11) is 0. The largest absolute Gasteiger partial charge is 0.507 e. The van der Waals surface area contributed by atoms with Crippen LogP contribution in [0.15, 0.2) is 42.5 Å². The molecule has 0 aliphatic carbocycles. The van der Waals surface area contributed by atoms with Crippen LogP contribution in [-0.4, -0.2) is 48.7 Å². The highest BCUT2D eigenvalue weighted by atomic mass is 35.5. The zero-order chi connectivity index (χ0) is 25.4. The summed E-state index contributed by atoms with van der Waals surface area (Å²) in [6, 6.07) is 10.6.